The molecule has 6 nitrogen and oxygen atoms in total. The number of amides is 1. The third-order valence-electron chi connectivity index (χ3n) is 4.16. The van der Waals surface area contributed by atoms with E-state index in [1.54, 1.807) is 29.1 Å². The Morgan fingerprint density at radius 1 is 1.22 bits per heavy atom. The molecule has 1 aromatic carbocycles. The zero-order valence-corrected chi connectivity index (χ0v) is 15.7. The fraction of sp³-hybridized carbons (Fsp3) is 0.105. The molecule has 3 heterocycles. The van der Waals surface area contributed by atoms with Crippen LogP contribution < -0.4 is 14.8 Å². The number of hydrogen-bond donors (Lipinski definition) is 1. The van der Waals surface area contributed by atoms with Crippen LogP contribution in [0.3, 0.4) is 0 Å². The van der Waals surface area contributed by atoms with Crippen LogP contribution in [0, 0.1) is 0 Å². The minimum atomic E-state index is -0.414. The van der Waals surface area contributed by atoms with Crippen molar-refractivity contribution in [1.82, 2.24) is 14.9 Å². The second kappa shape index (κ2) is 7.38. The van der Waals surface area contributed by atoms with E-state index in [9.17, 15) is 9.90 Å². The first kappa shape index (κ1) is 17.5. The van der Waals surface area contributed by atoms with Crippen molar-refractivity contribution in [2.75, 3.05) is 0 Å². The highest BCUT2D eigenvalue weighted by molar-refractivity contribution is 7.15. The summed E-state index contributed by atoms with van der Waals surface area (Å²) in [4.78, 5) is 17.7. The van der Waals surface area contributed by atoms with Crippen molar-refractivity contribution in [3.8, 4) is 5.88 Å². The predicted octanol–water partition coefficient (Wildman–Crippen LogP) is 2.39. The molecule has 0 spiro atoms. The third kappa shape index (κ3) is 3.51. The minimum absolute atomic E-state index is 0.0849. The Labute approximate surface area is 164 Å². The van der Waals surface area contributed by atoms with Gasteiger partial charge in [0.05, 0.1) is 11.1 Å². The van der Waals surface area contributed by atoms with Crippen LogP contribution in [-0.4, -0.2) is 15.5 Å². The smallest absolute Gasteiger partial charge is 0.294 e. The maximum atomic E-state index is 12.8. The number of rotatable bonds is 5. The second-order valence-electron chi connectivity index (χ2n) is 5.92. The van der Waals surface area contributed by atoms with Gasteiger partial charge in [0.1, 0.15) is 12.4 Å². The number of hydrogen-bond acceptors (Lipinski definition) is 4. The summed E-state index contributed by atoms with van der Waals surface area (Å²) in [5, 5.41) is 15.7. The number of nitrogens with one attached hydrogen (secondary N) is 1. The zero-order valence-electron chi connectivity index (χ0n) is 14.1. The Hall–Kier alpha value is -2.90. The van der Waals surface area contributed by atoms with Crippen molar-refractivity contribution in [3.63, 3.8) is 0 Å². The Balaban J connectivity index is 1.71. The number of nitrogens with zero attached hydrogens (tertiary/aromatic N) is 3. The monoisotopic (exact) mass is 398 g/mol. The Morgan fingerprint density at radius 3 is 2.74 bits per heavy atom. The molecule has 0 saturated heterocycles. The molecular formula is C19H15ClN4O2S. The Bertz CT molecular complexity index is 1110. The van der Waals surface area contributed by atoms with Crippen LogP contribution in [-0.2, 0) is 13.1 Å². The molecule has 8 heteroatoms. The second-order valence-corrected chi connectivity index (χ2v) is 7.61. The maximum Gasteiger partial charge on any atom is 0.294 e. The normalized spacial score (nSPS) is 11.0. The SMILES string of the molecule is O=C(NCc1ccccc1)c1c([O-])[n+]2ccccc2n1Cc1cnc(Cl)s1. The van der Waals surface area contributed by atoms with Crippen LogP contribution in [0.5, 0.6) is 5.88 Å². The Kier molecular flexibility index (Phi) is 4.79. The summed E-state index contributed by atoms with van der Waals surface area (Å²) in [6, 6.07) is 14.9. The Morgan fingerprint density at radius 2 is 2.00 bits per heavy atom. The maximum absolute atomic E-state index is 12.8. The van der Waals surface area contributed by atoms with Crippen molar-refractivity contribution in [2.24, 2.45) is 0 Å². The van der Waals surface area contributed by atoms with Gasteiger partial charge in [-0.3, -0.25) is 4.79 Å². The van der Waals surface area contributed by atoms with Gasteiger partial charge in [-0.1, -0.05) is 48.0 Å². The molecule has 1 N–H and O–H groups in total. The molecule has 0 aliphatic heterocycles. The average Bonchev–Trinajstić information content (AvgIpc) is 3.22. The lowest BCUT2D eigenvalue weighted by atomic mass is 10.2. The van der Waals surface area contributed by atoms with Gasteiger partial charge in [-0.15, -0.1) is 11.3 Å². The average molecular weight is 399 g/mol. The summed E-state index contributed by atoms with van der Waals surface area (Å²) < 4.78 is 3.60. The third-order valence-corrected chi connectivity index (χ3v) is 5.26. The molecule has 1 amide bonds. The number of imidazole rings is 1. The van der Waals surface area contributed by atoms with Crippen molar-refractivity contribution in [1.29, 1.82) is 0 Å². The molecule has 3 aromatic heterocycles. The van der Waals surface area contributed by atoms with Gasteiger partial charge in [0.25, 0.3) is 11.6 Å². The summed E-state index contributed by atoms with van der Waals surface area (Å²) in [7, 11) is 0. The van der Waals surface area contributed by atoms with Gasteiger partial charge in [-0.25, -0.2) is 14.0 Å². The van der Waals surface area contributed by atoms with E-state index in [2.05, 4.69) is 10.3 Å². The molecule has 0 radical (unpaired) electrons. The fourth-order valence-electron chi connectivity index (χ4n) is 2.92. The van der Waals surface area contributed by atoms with Gasteiger partial charge in [0.2, 0.25) is 5.69 Å². The molecule has 0 unspecified atom stereocenters. The van der Waals surface area contributed by atoms with Crippen molar-refractivity contribution < 1.29 is 14.3 Å². The van der Waals surface area contributed by atoms with Crippen LogP contribution in [0.2, 0.25) is 4.47 Å². The summed E-state index contributed by atoms with van der Waals surface area (Å²) in [6.07, 6.45) is 3.31. The van der Waals surface area contributed by atoms with Crippen LogP contribution in [0.25, 0.3) is 5.65 Å². The summed E-state index contributed by atoms with van der Waals surface area (Å²) >= 11 is 7.24. The molecule has 27 heavy (non-hydrogen) atoms. The highest BCUT2D eigenvalue weighted by atomic mass is 35.5. The summed E-state index contributed by atoms with van der Waals surface area (Å²) in [5.74, 6) is -0.769. The van der Waals surface area contributed by atoms with E-state index in [0.29, 0.717) is 23.2 Å². The van der Waals surface area contributed by atoms with Crippen molar-refractivity contribution in [2.45, 2.75) is 13.1 Å². The molecule has 0 fully saturated rings. The lowest BCUT2D eigenvalue weighted by molar-refractivity contribution is -0.582. The molecular weight excluding hydrogens is 384 g/mol. The fourth-order valence-corrected chi connectivity index (χ4v) is 3.89. The molecule has 0 saturated carbocycles. The first-order valence-electron chi connectivity index (χ1n) is 8.25. The van der Waals surface area contributed by atoms with Crippen molar-refractivity contribution >= 4 is 34.5 Å². The van der Waals surface area contributed by atoms with Gasteiger partial charge in [0.15, 0.2) is 4.47 Å². The molecule has 4 aromatic rings. The van der Waals surface area contributed by atoms with Gasteiger partial charge in [-0.05, 0) is 11.6 Å². The molecule has 0 atom stereocenters. The van der Waals surface area contributed by atoms with E-state index >= 15 is 0 Å². The highest BCUT2D eigenvalue weighted by Crippen LogP contribution is 2.22. The largest absolute Gasteiger partial charge is 0.839 e. The minimum Gasteiger partial charge on any atom is -0.839 e. The summed E-state index contributed by atoms with van der Waals surface area (Å²) in [6.45, 7) is 0.686. The number of carbonyl (C=O) groups excluding carboxylic acids is 1. The number of benzene rings is 1. The molecule has 4 rings (SSSR count). The van der Waals surface area contributed by atoms with Crippen LogP contribution in [0.4, 0.5) is 0 Å². The number of aromatic nitrogens is 3. The van der Waals surface area contributed by atoms with E-state index < -0.39 is 5.91 Å². The van der Waals surface area contributed by atoms with E-state index in [4.69, 9.17) is 11.6 Å². The topological polar surface area (TPSA) is 74.1 Å². The summed E-state index contributed by atoms with van der Waals surface area (Å²) in [5.41, 5.74) is 1.68. The standard InChI is InChI=1S/C19H15ClN4O2S/c20-19-22-11-14(27-19)12-24-15-8-4-5-9-23(15)18(26)16(24)17(25)21-10-13-6-2-1-3-7-13/h1-9,11H,10,12H2,(H-,21,25,26). The molecule has 0 bridgehead atoms. The zero-order chi connectivity index (χ0) is 18.8. The number of thiazole rings is 1. The van der Waals surface area contributed by atoms with Crippen LogP contribution in [0.1, 0.15) is 20.9 Å². The van der Waals surface area contributed by atoms with E-state index in [1.807, 2.05) is 36.4 Å². The van der Waals surface area contributed by atoms with Gasteiger partial charge >= 0.3 is 0 Å². The lowest BCUT2D eigenvalue weighted by Crippen LogP contribution is -2.28. The van der Waals surface area contributed by atoms with Crippen LogP contribution >= 0.6 is 22.9 Å². The number of halogens is 1. The van der Waals surface area contributed by atoms with Gasteiger partial charge in [0, 0.05) is 18.8 Å². The van der Waals surface area contributed by atoms with E-state index in [1.165, 1.54) is 15.7 Å². The van der Waals surface area contributed by atoms with E-state index in [0.717, 1.165) is 10.4 Å². The molecule has 0 aliphatic rings. The van der Waals surface area contributed by atoms with Gasteiger partial charge < -0.3 is 10.4 Å². The first-order chi connectivity index (χ1) is 13.1. The molecule has 136 valence electrons. The first-order valence-corrected chi connectivity index (χ1v) is 9.45. The van der Waals surface area contributed by atoms with E-state index in [-0.39, 0.29) is 11.6 Å². The lowest BCUT2D eigenvalue weighted by Gasteiger charge is -2.07. The number of pyridine rings is 1. The highest BCUT2D eigenvalue weighted by Gasteiger charge is 2.26. The number of fused-ring (bicyclic) bond motifs is 1. The number of carbonyl (C=O) groups is 1. The van der Waals surface area contributed by atoms with Crippen LogP contribution in [0.15, 0.2) is 60.9 Å². The predicted molar refractivity (Wildman–Crippen MR) is 101 cm³/mol. The van der Waals surface area contributed by atoms with Gasteiger partial charge in [-0.2, -0.15) is 0 Å². The van der Waals surface area contributed by atoms with Crippen molar-refractivity contribution in [3.05, 3.63) is 81.5 Å². The molecule has 0 aliphatic carbocycles. The quantitative estimate of drug-likeness (QED) is 0.524.